The van der Waals surface area contributed by atoms with E-state index in [4.69, 9.17) is 5.73 Å². The number of nitrogens with two attached hydrogens (primary N) is 1. The summed E-state index contributed by atoms with van der Waals surface area (Å²) in [5.74, 6) is 0. The monoisotopic (exact) mass is 227 g/mol. The number of nitrogens with zero attached hydrogens (tertiary/aromatic N) is 4. The van der Waals surface area contributed by atoms with Crippen LogP contribution < -0.4 is 5.73 Å². The lowest BCUT2D eigenvalue weighted by Gasteiger charge is -2.02. The molecule has 0 atom stereocenters. The molecule has 0 bridgehead atoms. The lowest BCUT2D eigenvalue weighted by atomic mass is 10.2. The Labute approximate surface area is 98.5 Å². The Bertz CT molecular complexity index is 664. The summed E-state index contributed by atoms with van der Waals surface area (Å²) in [5, 5.41) is 9.15. The van der Waals surface area contributed by atoms with Crippen molar-refractivity contribution >= 4 is 16.6 Å². The topological polar surface area (TPSA) is 61.7 Å². The smallest absolute Gasteiger partial charge is 0.102 e. The molecule has 0 aliphatic rings. The van der Waals surface area contributed by atoms with Crippen LogP contribution in [0.2, 0.25) is 0 Å². The number of aryl methyl sites for hydroxylation is 1. The Hall–Kier alpha value is -2.30. The van der Waals surface area contributed by atoms with E-state index in [9.17, 15) is 0 Å². The van der Waals surface area contributed by atoms with Gasteiger partial charge in [-0.2, -0.15) is 0 Å². The van der Waals surface area contributed by atoms with Crippen LogP contribution in [0.1, 0.15) is 5.69 Å². The first kappa shape index (κ1) is 9.89. The lowest BCUT2D eigenvalue weighted by Crippen LogP contribution is -1.98. The number of benzene rings is 1. The second kappa shape index (κ2) is 3.62. The van der Waals surface area contributed by atoms with Gasteiger partial charge in [-0.1, -0.05) is 5.21 Å². The Morgan fingerprint density at radius 1 is 1.29 bits per heavy atom. The quantitative estimate of drug-likeness (QED) is 0.673. The highest BCUT2D eigenvalue weighted by Crippen LogP contribution is 2.19. The molecule has 0 spiro atoms. The van der Waals surface area contributed by atoms with Crippen molar-refractivity contribution in [1.29, 1.82) is 0 Å². The van der Waals surface area contributed by atoms with Gasteiger partial charge >= 0.3 is 0 Å². The van der Waals surface area contributed by atoms with Crippen molar-refractivity contribution in [2.45, 2.75) is 6.54 Å². The zero-order chi connectivity index (χ0) is 11.8. The summed E-state index contributed by atoms with van der Waals surface area (Å²) < 4.78 is 3.85. The number of nitrogen functional groups attached to an aromatic ring is 1. The van der Waals surface area contributed by atoms with Gasteiger partial charge in [0.25, 0.3) is 0 Å². The van der Waals surface area contributed by atoms with Gasteiger partial charge in [0.05, 0.1) is 6.54 Å². The van der Waals surface area contributed by atoms with Crippen LogP contribution in [0.4, 0.5) is 5.69 Å². The van der Waals surface area contributed by atoms with Crippen LogP contribution in [0.5, 0.6) is 0 Å². The SMILES string of the molecule is Cn1cc(Cn2ccc3cc(N)ccc32)nn1. The van der Waals surface area contributed by atoms with Gasteiger partial charge < -0.3 is 10.3 Å². The van der Waals surface area contributed by atoms with Gasteiger partial charge in [-0.25, -0.2) is 0 Å². The second-order valence-electron chi connectivity index (χ2n) is 4.15. The molecule has 2 heterocycles. The number of hydrogen-bond donors (Lipinski definition) is 1. The minimum Gasteiger partial charge on any atom is -0.399 e. The van der Waals surface area contributed by atoms with Crippen molar-refractivity contribution in [3.05, 3.63) is 42.4 Å². The molecule has 86 valence electrons. The second-order valence-corrected chi connectivity index (χ2v) is 4.15. The minimum absolute atomic E-state index is 0.723. The molecule has 17 heavy (non-hydrogen) atoms. The molecule has 3 rings (SSSR count). The maximum atomic E-state index is 5.75. The fraction of sp³-hybridized carbons (Fsp3) is 0.167. The van der Waals surface area contributed by atoms with Gasteiger partial charge in [-0.05, 0) is 24.3 Å². The lowest BCUT2D eigenvalue weighted by molar-refractivity contribution is 0.711. The Morgan fingerprint density at radius 3 is 2.94 bits per heavy atom. The highest BCUT2D eigenvalue weighted by molar-refractivity contribution is 5.83. The van der Waals surface area contributed by atoms with Crippen molar-refractivity contribution < 1.29 is 0 Å². The Balaban J connectivity index is 2.00. The average Bonchev–Trinajstić information content (AvgIpc) is 2.86. The first-order chi connectivity index (χ1) is 8.22. The minimum atomic E-state index is 0.723. The summed E-state index contributed by atoms with van der Waals surface area (Å²) in [6.07, 6.45) is 3.96. The van der Waals surface area contributed by atoms with Crippen LogP contribution in [0.15, 0.2) is 36.7 Å². The van der Waals surface area contributed by atoms with E-state index < -0.39 is 0 Å². The summed E-state index contributed by atoms with van der Waals surface area (Å²) in [6.45, 7) is 0.723. The molecule has 2 aromatic heterocycles. The van der Waals surface area contributed by atoms with Crippen molar-refractivity contribution in [1.82, 2.24) is 19.6 Å². The number of rotatable bonds is 2. The molecule has 0 aliphatic heterocycles. The standard InChI is InChI=1S/C12H13N5/c1-16-7-11(14-15-16)8-17-5-4-9-6-10(13)2-3-12(9)17/h2-7H,8,13H2,1H3. The van der Waals surface area contributed by atoms with E-state index >= 15 is 0 Å². The third-order valence-corrected chi connectivity index (χ3v) is 2.78. The van der Waals surface area contributed by atoms with E-state index in [-0.39, 0.29) is 0 Å². The van der Waals surface area contributed by atoms with Crippen molar-refractivity contribution in [2.75, 3.05) is 5.73 Å². The van der Waals surface area contributed by atoms with Gasteiger partial charge in [0, 0.05) is 36.0 Å². The molecule has 0 saturated carbocycles. The third kappa shape index (κ3) is 1.75. The van der Waals surface area contributed by atoms with E-state index in [1.165, 1.54) is 0 Å². The molecular weight excluding hydrogens is 214 g/mol. The fourth-order valence-electron chi connectivity index (χ4n) is 2.00. The molecule has 0 fully saturated rings. The summed E-state index contributed by atoms with van der Waals surface area (Å²) in [7, 11) is 1.87. The van der Waals surface area contributed by atoms with Crippen LogP contribution in [0.3, 0.4) is 0 Å². The summed E-state index contributed by atoms with van der Waals surface area (Å²) in [4.78, 5) is 0. The fourth-order valence-corrected chi connectivity index (χ4v) is 2.00. The first-order valence-electron chi connectivity index (χ1n) is 5.42. The van der Waals surface area contributed by atoms with E-state index in [0.717, 1.165) is 28.8 Å². The Morgan fingerprint density at radius 2 is 2.18 bits per heavy atom. The molecule has 0 aliphatic carbocycles. The van der Waals surface area contributed by atoms with Gasteiger partial charge in [0.1, 0.15) is 5.69 Å². The zero-order valence-electron chi connectivity index (χ0n) is 9.54. The number of aromatic nitrogens is 4. The van der Waals surface area contributed by atoms with Crippen molar-refractivity contribution in [2.24, 2.45) is 7.05 Å². The van der Waals surface area contributed by atoms with Crippen LogP contribution in [0, 0.1) is 0 Å². The zero-order valence-corrected chi connectivity index (χ0v) is 9.54. The summed E-state index contributed by atoms with van der Waals surface area (Å²) >= 11 is 0. The van der Waals surface area contributed by atoms with Gasteiger partial charge in [-0.15, -0.1) is 5.10 Å². The number of anilines is 1. The largest absolute Gasteiger partial charge is 0.399 e. The van der Waals surface area contributed by atoms with Crippen LogP contribution in [0.25, 0.3) is 10.9 Å². The maximum Gasteiger partial charge on any atom is 0.102 e. The number of hydrogen-bond acceptors (Lipinski definition) is 3. The molecule has 5 heteroatoms. The molecule has 0 amide bonds. The molecule has 0 radical (unpaired) electrons. The predicted octanol–water partition coefficient (Wildman–Crippen LogP) is 1.40. The molecule has 5 nitrogen and oxygen atoms in total. The summed E-state index contributed by atoms with van der Waals surface area (Å²) in [6, 6.07) is 7.97. The molecule has 0 saturated heterocycles. The van der Waals surface area contributed by atoms with E-state index in [1.54, 1.807) is 4.68 Å². The van der Waals surface area contributed by atoms with E-state index in [1.807, 2.05) is 37.6 Å². The maximum absolute atomic E-state index is 5.75. The van der Waals surface area contributed by atoms with Crippen molar-refractivity contribution in [3.63, 3.8) is 0 Å². The van der Waals surface area contributed by atoms with E-state index in [0.29, 0.717) is 0 Å². The summed E-state index contributed by atoms with van der Waals surface area (Å²) in [5.41, 5.74) is 8.64. The normalized spacial score (nSPS) is 11.1. The van der Waals surface area contributed by atoms with Crippen LogP contribution in [-0.4, -0.2) is 19.6 Å². The van der Waals surface area contributed by atoms with Crippen LogP contribution >= 0.6 is 0 Å². The molecule has 1 aromatic carbocycles. The van der Waals surface area contributed by atoms with E-state index in [2.05, 4.69) is 20.9 Å². The molecule has 2 N–H and O–H groups in total. The average molecular weight is 227 g/mol. The predicted molar refractivity (Wildman–Crippen MR) is 66.5 cm³/mol. The number of fused-ring (bicyclic) bond motifs is 1. The molecular formula is C12H13N5. The third-order valence-electron chi connectivity index (χ3n) is 2.78. The highest BCUT2D eigenvalue weighted by atomic mass is 15.4. The highest BCUT2D eigenvalue weighted by Gasteiger charge is 2.04. The van der Waals surface area contributed by atoms with Crippen molar-refractivity contribution in [3.8, 4) is 0 Å². The van der Waals surface area contributed by atoms with Gasteiger partial charge in [0.15, 0.2) is 0 Å². The van der Waals surface area contributed by atoms with Gasteiger partial charge in [0.2, 0.25) is 0 Å². The Kier molecular flexibility index (Phi) is 2.11. The van der Waals surface area contributed by atoms with Gasteiger partial charge in [-0.3, -0.25) is 4.68 Å². The first-order valence-corrected chi connectivity index (χ1v) is 5.42. The van der Waals surface area contributed by atoms with Crippen LogP contribution in [-0.2, 0) is 13.6 Å². The molecule has 3 aromatic rings. The molecule has 0 unspecified atom stereocenters.